The lowest BCUT2D eigenvalue weighted by Crippen LogP contribution is -2.58. The number of aliphatic hydroxyl groups is 1. The van der Waals surface area contributed by atoms with Crippen LogP contribution in [0.3, 0.4) is 0 Å². The molecule has 0 radical (unpaired) electrons. The van der Waals surface area contributed by atoms with Gasteiger partial charge in [0, 0.05) is 25.3 Å². The monoisotopic (exact) mass is 374 g/mol. The van der Waals surface area contributed by atoms with Crippen LogP contribution in [0.15, 0.2) is 0 Å². The number of hydrogen-bond donors (Lipinski definition) is 2. The minimum Gasteiger partial charge on any atom is -0.393 e. The van der Waals surface area contributed by atoms with Crippen LogP contribution in [-0.4, -0.2) is 73.9 Å². The van der Waals surface area contributed by atoms with Gasteiger partial charge in [-0.15, -0.1) is 0 Å². The van der Waals surface area contributed by atoms with Crippen molar-refractivity contribution in [2.45, 2.75) is 61.8 Å². The topological polar surface area (TPSA) is 95.9 Å². The van der Waals surface area contributed by atoms with Gasteiger partial charge in [-0.2, -0.15) is 0 Å². The second-order valence-corrected chi connectivity index (χ2v) is 10.2. The minimum atomic E-state index is -3.23. The van der Waals surface area contributed by atoms with Crippen molar-refractivity contribution in [1.29, 1.82) is 0 Å². The van der Waals surface area contributed by atoms with E-state index in [1.165, 1.54) is 6.26 Å². The lowest BCUT2D eigenvalue weighted by Gasteiger charge is -2.40. The highest BCUT2D eigenvalue weighted by Crippen LogP contribution is 2.36. The SMILES string of the molecule is CS(=O)(=O)C1(CNC(=O)N2CCOCC2C2CCCC2O)CCCC1. The molecule has 7 nitrogen and oxygen atoms in total. The van der Waals surface area contributed by atoms with E-state index in [1.807, 2.05) is 0 Å². The summed E-state index contributed by atoms with van der Waals surface area (Å²) in [4.78, 5) is 14.5. The van der Waals surface area contributed by atoms with Crippen molar-refractivity contribution >= 4 is 15.9 Å². The van der Waals surface area contributed by atoms with Crippen molar-refractivity contribution in [3.05, 3.63) is 0 Å². The number of ether oxygens (including phenoxy) is 1. The number of carbonyl (C=O) groups excluding carboxylic acids is 1. The highest BCUT2D eigenvalue weighted by atomic mass is 32.2. The summed E-state index contributed by atoms with van der Waals surface area (Å²) in [5, 5.41) is 13.1. The van der Waals surface area contributed by atoms with E-state index in [0.717, 1.165) is 32.1 Å². The molecule has 0 aromatic carbocycles. The van der Waals surface area contributed by atoms with Crippen LogP contribution < -0.4 is 5.32 Å². The van der Waals surface area contributed by atoms with Crippen molar-refractivity contribution < 1.29 is 23.1 Å². The molecule has 25 heavy (non-hydrogen) atoms. The largest absolute Gasteiger partial charge is 0.393 e. The zero-order chi connectivity index (χ0) is 18.1. The summed E-state index contributed by atoms with van der Waals surface area (Å²) >= 11 is 0. The number of rotatable bonds is 4. The lowest BCUT2D eigenvalue weighted by molar-refractivity contribution is -0.0309. The quantitative estimate of drug-likeness (QED) is 0.763. The lowest BCUT2D eigenvalue weighted by atomic mass is 9.94. The number of sulfone groups is 1. The average Bonchev–Trinajstić information content (AvgIpc) is 3.22. The molecule has 0 aromatic rings. The number of morpholine rings is 1. The average molecular weight is 375 g/mol. The number of urea groups is 1. The van der Waals surface area contributed by atoms with Gasteiger partial charge in [-0.25, -0.2) is 13.2 Å². The molecule has 1 heterocycles. The summed E-state index contributed by atoms with van der Waals surface area (Å²) in [6, 6.07) is -0.369. The maximum Gasteiger partial charge on any atom is 0.317 e. The van der Waals surface area contributed by atoms with Gasteiger partial charge in [0.25, 0.3) is 0 Å². The molecular formula is C17H30N2O5S. The summed E-state index contributed by atoms with van der Waals surface area (Å²) in [5.41, 5.74) is 0. The highest BCUT2D eigenvalue weighted by Gasteiger charge is 2.45. The van der Waals surface area contributed by atoms with E-state index in [1.54, 1.807) is 4.90 Å². The zero-order valence-electron chi connectivity index (χ0n) is 14.9. The number of amides is 2. The third-order valence-electron chi connectivity index (χ3n) is 6.32. The first-order valence-electron chi connectivity index (χ1n) is 9.34. The molecule has 2 N–H and O–H groups in total. The molecular weight excluding hydrogens is 344 g/mol. The molecule has 8 heteroatoms. The fourth-order valence-electron chi connectivity index (χ4n) is 4.68. The fourth-order valence-corrected chi connectivity index (χ4v) is 6.05. The maximum atomic E-state index is 12.8. The molecule has 0 spiro atoms. The number of carbonyl (C=O) groups is 1. The van der Waals surface area contributed by atoms with Gasteiger partial charge in [-0.3, -0.25) is 0 Å². The van der Waals surface area contributed by atoms with Crippen molar-refractivity contribution in [1.82, 2.24) is 10.2 Å². The van der Waals surface area contributed by atoms with Gasteiger partial charge in [-0.05, 0) is 25.7 Å². The summed E-state index contributed by atoms with van der Waals surface area (Å²) in [5.74, 6) is 0.0430. The van der Waals surface area contributed by atoms with Crippen molar-refractivity contribution in [3.63, 3.8) is 0 Å². The Kier molecular flexibility index (Phi) is 5.60. The molecule has 3 unspecified atom stereocenters. The Hall–Kier alpha value is -0.860. The number of nitrogens with zero attached hydrogens (tertiary/aromatic N) is 1. The van der Waals surface area contributed by atoms with E-state index in [4.69, 9.17) is 4.74 Å². The summed E-state index contributed by atoms with van der Waals surface area (Å²) < 4.78 is 29.2. The normalized spacial score (nSPS) is 32.7. The molecule has 2 aliphatic carbocycles. The van der Waals surface area contributed by atoms with Gasteiger partial charge < -0.3 is 20.1 Å². The second-order valence-electron chi connectivity index (χ2n) is 7.82. The summed E-state index contributed by atoms with van der Waals surface area (Å²) in [6.45, 7) is 1.56. The van der Waals surface area contributed by atoms with Crippen LogP contribution in [0, 0.1) is 5.92 Å². The molecule has 3 fully saturated rings. The van der Waals surface area contributed by atoms with E-state index in [9.17, 15) is 18.3 Å². The molecule has 2 amide bonds. The predicted molar refractivity (Wildman–Crippen MR) is 94.1 cm³/mol. The summed E-state index contributed by atoms with van der Waals surface area (Å²) in [7, 11) is -3.23. The molecule has 3 aliphatic rings. The van der Waals surface area contributed by atoms with Crippen molar-refractivity contribution in [2.24, 2.45) is 5.92 Å². The van der Waals surface area contributed by atoms with Crippen LogP contribution in [0.4, 0.5) is 4.79 Å². The Morgan fingerprint density at radius 2 is 2.00 bits per heavy atom. The van der Waals surface area contributed by atoms with Crippen LogP contribution in [0.25, 0.3) is 0 Å². The van der Waals surface area contributed by atoms with Crippen molar-refractivity contribution in [2.75, 3.05) is 32.6 Å². The van der Waals surface area contributed by atoms with Crippen LogP contribution in [0.1, 0.15) is 44.9 Å². The Balaban J connectivity index is 1.66. The molecule has 0 bridgehead atoms. The van der Waals surface area contributed by atoms with Gasteiger partial charge >= 0.3 is 6.03 Å². The molecule has 3 atom stereocenters. The number of hydrogen-bond acceptors (Lipinski definition) is 5. The minimum absolute atomic E-state index is 0.0430. The highest BCUT2D eigenvalue weighted by molar-refractivity contribution is 7.92. The van der Waals surface area contributed by atoms with E-state index in [-0.39, 0.29) is 30.6 Å². The Bertz CT molecular complexity index is 588. The first-order chi connectivity index (χ1) is 11.8. The van der Waals surface area contributed by atoms with E-state index >= 15 is 0 Å². The van der Waals surface area contributed by atoms with Gasteiger partial charge in [0.2, 0.25) is 0 Å². The number of aliphatic hydroxyl groups excluding tert-OH is 1. The maximum absolute atomic E-state index is 12.8. The van der Waals surface area contributed by atoms with E-state index in [0.29, 0.717) is 32.6 Å². The van der Waals surface area contributed by atoms with E-state index < -0.39 is 14.6 Å². The summed E-state index contributed by atoms with van der Waals surface area (Å²) in [6.07, 6.45) is 6.51. The predicted octanol–water partition coefficient (Wildman–Crippen LogP) is 0.915. The van der Waals surface area contributed by atoms with Crippen LogP contribution in [0.5, 0.6) is 0 Å². The Labute approximate surface area is 150 Å². The number of nitrogens with one attached hydrogen (secondary N) is 1. The van der Waals surface area contributed by atoms with Crippen LogP contribution in [0.2, 0.25) is 0 Å². The Morgan fingerprint density at radius 1 is 1.28 bits per heavy atom. The smallest absolute Gasteiger partial charge is 0.317 e. The van der Waals surface area contributed by atoms with Gasteiger partial charge in [0.15, 0.2) is 9.84 Å². The molecule has 0 aromatic heterocycles. The van der Waals surface area contributed by atoms with Gasteiger partial charge in [0.05, 0.1) is 30.1 Å². The van der Waals surface area contributed by atoms with Crippen LogP contribution in [-0.2, 0) is 14.6 Å². The third-order valence-corrected chi connectivity index (χ3v) is 8.44. The zero-order valence-corrected chi connectivity index (χ0v) is 15.8. The molecule has 2 saturated carbocycles. The van der Waals surface area contributed by atoms with Crippen LogP contribution >= 0.6 is 0 Å². The molecule has 3 rings (SSSR count). The Morgan fingerprint density at radius 3 is 2.60 bits per heavy atom. The molecule has 1 saturated heterocycles. The molecule has 144 valence electrons. The van der Waals surface area contributed by atoms with Gasteiger partial charge in [0.1, 0.15) is 0 Å². The van der Waals surface area contributed by atoms with Gasteiger partial charge in [-0.1, -0.05) is 19.3 Å². The fraction of sp³-hybridized carbons (Fsp3) is 0.941. The van der Waals surface area contributed by atoms with E-state index in [2.05, 4.69) is 5.32 Å². The van der Waals surface area contributed by atoms with Crippen molar-refractivity contribution in [3.8, 4) is 0 Å². The first-order valence-corrected chi connectivity index (χ1v) is 11.2. The standard InChI is InChI=1S/C17H30N2O5S/c1-25(22,23)17(7-2-3-8-17)12-18-16(21)19-9-10-24-11-14(19)13-5-4-6-15(13)20/h13-15,20H,2-12H2,1H3,(H,18,21). The first kappa shape index (κ1) is 18.9. The molecule has 1 aliphatic heterocycles. The third kappa shape index (κ3) is 3.80. The second kappa shape index (κ2) is 7.40.